The third kappa shape index (κ3) is 5.44. The summed E-state index contributed by atoms with van der Waals surface area (Å²) in [5, 5.41) is 12.3. The van der Waals surface area contributed by atoms with Gasteiger partial charge in [0.25, 0.3) is 11.8 Å². The molecular weight excluding hydrogens is 445 g/mol. The summed E-state index contributed by atoms with van der Waals surface area (Å²) in [5.41, 5.74) is 12.9. The lowest BCUT2D eigenvalue weighted by Crippen LogP contribution is -2.43. The second kappa shape index (κ2) is 9.92. The predicted molar refractivity (Wildman–Crippen MR) is 126 cm³/mol. The monoisotopic (exact) mass is 469 g/mol. The lowest BCUT2D eigenvalue weighted by Gasteiger charge is -2.30. The molecular formula is C22H24FN7O2S. The van der Waals surface area contributed by atoms with Crippen LogP contribution in [0.5, 0.6) is 0 Å². The van der Waals surface area contributed by atoms with Crippen molar-refractivity contribution in [2.24, 2.45) is 11.5 Å². The highest BCUT2D eigenvalue weighted by Crippen LogP contribution is 2.27. The van der Waals surface area contributed by atoms with Crippen molar-refractivity contribution in [3.63, 3.8) is 0 Å². The highest BCUT2D eigenvalue weighted by molar-refractivity contribution is 7.08. The maximum atomic E-state index is 14.7. The summed E-state index contributed by atoms with van der Waals surface area (Å²) < 4.78 is 14.7. The van der Waals surface area contributed by atoms with Crippen molar-refractivity contribution in [2.45, 2.75) is 37.8 Å². The summed E-state index contributed by atoms with van der Waals surface area (Å²) in [4.78, 5) is 32.6. The molecule has 9 nitrogen and oxygen atoms in total. The van der Waals surface area contributed by atoms with Crippen LogP contribution in [0.1, 0.15) is 46.4 Å². The van der Waals surface area contributed by atoms with E-state index < -0.39 is 11.7 Å². The van der Waals surface area contributed by atoms with Gasteiger partial charge in [0, 0.05) is 17.5 Å². The van der Waals surface area contributed by atoms with Crippen LogP contribution in [0.25, 0.3) is 0 Å². The van der Waals surface area contributed by atoms with Crippen LogP contribution in [0.4, 0.5) is 27.4 Å². The van der Waals surface area contributed by atoms with Gasteiger partial charge in [0.15, 0.2) is 11.6 Å². The minimum Gasteiger partial charge on any atom is -0.365 e. The quantitative estimate of drug-likeness (QED) is 0.356. The SMILES string of the molecule is NC(=O)c1cc(F)c(N[C@@H]2CCCC[C@@H]2N)nc1Nc1cncc(NC(=O)c2ccsc2)c1. The smallest absolute Gasteiger partial charge is 0.256 e. The highest BCUT2D eigenvalue weighted by Gasteiger charge is 2.24. The zero-order valence-corrected chi connectivity index (χ0v) is 18.5. The molecule has 1 aliphatic rings. The molecule has 7 N–H and O–H groups in total. The van der Waals surface area contributed by atoms with Crippen molar-refractivity contribution in [3.05, 3.63) is 58.3 Å². The van der Waals surface area contributed by atoms with Crippen LogP contribution in [-0.2, 0) is 0 Å². The fourth-order valence-corrected chi connectivity index (χ4v) is 4.33. The number of primary amides is 1. The van der Waals surface area contributed by atoms with E-state index >= 15 is 0 Å². The third-order valence-electron chi connectivity index (χ3n) is 5.43. The van der Waals surface area contributed by atoms with Crippen molar-refractivity contribution in [2.75, 3.05) is 16.0 Å². The fraction of sp³-hybridized carbons (Fsp3) is 0.273. The van der Waals surface area contributed by atoms with Crippen molar-refractivity contribution >= 4 is 46.2 Å². The first-order valence-electron chi connectivity index (χ1n) is 10.5. The number of carbonyl (C=O) groups excluding carboxylic acids is 2. The maximum Gasteiger partial charge on any atom is 0.256 e. The van der Waals surface area contributed by atoms with E-state index in [4.69, 9.17) is 11.5 Å². The number of nitrogens with one attached hydrogen (secondary N) is 3. The van der Waals surface area contributed by atoms with Gasteiger partial charge in [-0.3, -0.25) is 14.6 Å². The van der Waals surface area contributed by atoms with Gasteiger partial charge in [0.05, 0.1) is 34.9 Å². The first kappa shape index (κ1) is 22.6. The number of carbonyl (C=O) groups is 2. The molecule has 0 saturated heterocycles. The molecule has 0 aliphatic heterocycles. The van der Waals surface area contributed by atoms with Gasteiger partial charge in [0.1, 0.15) is 5.82 Å². The molecule has 11 heteroatoms. The van der Waals surface area contributed by atoms with Crippen LogP contribution >= 0.6 is 11.3 Å². The second-order valence-corrected chi connectivity index (χ2v) is 8.61. The van der Waals surface area contributed by atoms with E-state index in [9.17, 15) is 14.0 Å². The highest BCUT2D eigenvalue weighted by atomic mass is 32.1. The Hall–Kier alpha value is -3.57. The molecule has 1 saturated carbocycles. The van der Waals surface area contributed by atoms with Gasteiger partial charge in [0.2, 0.25) is 0 Å². The van der Waals surface area contributed by atoms with Gasteiger partial charge in [-0.1, -0.05) is 12.8 Å². The maximum absolute atomic E-state index is 14.7. The Kier molecular flexibility index (Phi) is 6.80. The molecule has 0 unspecified atom stereocenters. The summed E-state index contributed by atoms with van der Waals surface area (Å²) in [5.74, 6) is -1.75. The van der Waals surface area contributed by atoms with E-state index in [1.807, 2.05) is 5.38 Å². The molecule has 3 aromatic rings. The molecule has 1 fully saturated rings. The van der Waals surface area contributed by atoms with E-state index in [2.05, 4.69) is 25.9 Å². The van der Waals surface area contributed by atoms with E-state index in [0.29, 0.717) is 16.9 Å². The van der Waals surface area contributed by atoms with Gasteiger partial charge in [-0.05, 0) is 36.4 Å². The largest absolute Gasteiger partial charge is 0.365 e. The molecule has 2 amide bonds. The Labute approximate surface area is 193 Å². The molecule has 4 rings (SSSR count). The Morgan fingerprint density at radius 2 is 1.91 bits per heavy atom. The summed E-state index contributed by atoms with van der Waals surface area (Å²) in [6, 6.07) is 4.15. The van der Waals surface area contributed by atoms with Crippen LogP contribution in [0.15, 0.2) is 41.4 Å². The summed E-state index contributed by atoms with van der Waals surface area (Å²) >= 11 is 1.42. The van der Waals surface area contributed by atoms with Crippen molar-refractivity contribution in [1.29, 1.82) is 0 Å². The molecule has 33 heavy (non-hydrogen) atoms. The van der Waals surface area contributed by atoms with Gasteiger partial charge in [-0.25, -0.2) is 9.37 Å². The summed E-state index contributed by atoms with van der Waals surface area (Å²) in [6.45, 7) is 0. The zero-order chi connectivity index (χ0) is 23.4. The number of hydrogen-bond donors (Lipinski definition) is 5. The number of nitrogens with two attached hydrogens (primary N) is 2. The van der Waals surface area contributed by atoms with Crippen LogP contribution in [-0.4, -0.2) is 33.9 Å². The third-order valence-corrected chi connectivity index (χ3v) is 6.11. The molecule has 0 spiro atoms. The molecule has 0 aromatic carbocycles. The molecule has 3 aromatic heterocycles. The van der Waals surface area contributed by atoms with Crippen molar-refractivity contribution < 1.29 is 14.0 Å². The Balaban J connectivity index is 1.57. The summed E-state index contributed by atoms with van der Waals surface area (Å²) in [7, 11) is 0. The minimum atomic E-state index is -0.834. The van der Waals surface area contributed by atoms with Crippen molar-refractivity contribution in [1.82, 2.24) is 9.97 Å². The molecule has 0 radical (unpaired) electrons. The fourth-order valence-electron chi connectivity index (χ4n) is 3.70. The normalized spacial score (nSPS) is 17.9. The van der Waals surface area contributed by atoms with Crippen molar-refractivity contribution in [3.8, 4) is 0 Å². The lowest BCUT2D eigenvalue weighted by atomic mass is 9.91. The first-order chi connectivity index (χ1) is 15.9. The Morgan fingerprint density at radius 1 is 1.12 bits per heavy atom. The molecule has 172 valence electrons. The van der Waals surface area contributed by atoms with E-state index in [-0.39, 0.29) is 35.2 Å². The molecule has 0 bridgehead atoms. The number of nitrogens with zero attached hydrogens (tertiary/aromatic N) is 2. The molecule has 2 atom stereocenters. The topological polar surface area (TPSA) is 148 Å². The van der Waals surface area contributed by atoms with Gasteiger partial charge in [-0.2, -0.15) is 11.3 Å². The van der Waals surface area contributed by atoms with Crippen LogP contribution in [0, 0.1) is 5.82 Å². The van der Waals surface area contributed by atoms with Gasteiger partial charge in [-0.15, -0.1) is 0 Å². The standard InChI is InChI=1S/C22H24FN7O2S/c23-16-8-15(19(25)31)20(30-21(16)29-18-4-2-1-3-17(18)24)27-13-7-14(10-26-9-13)28-22(32)12-5-6-33-11-12/h5-11,17-18H,1-4,24H2,(H2,25,31)(H,28,32)(H2,27,29,30)/t17-,18+/m0/s1. The second-order valence-electron chi connectivity index (χ2n) is 7.83. The van der Waals surface area contributed by atoms with Gasteiger partial charge >= 0.3 is 0 Å². The zero-order valence-electron chi connectivity index (χ0n) is 17.7. The number of pyridine rings is 2. The summed E-state index contributed by atoms with van der Waals surface area (Å²) in [6.07, 6.45) is 6.65. The Bertz CT molecular complexity index is 1160. The predicted octanol–water partition coefficient (Wildman–Crippen LogP) is 3.45. The molecule has 3 heterocycles. The van der Waals surface area contributed by atoms with Gasteiger partial charge < -0.3 is 27.4 Å². The molecule has 1 aliphatic carbocycles. The van der Waals surface area contributed by atoms with Crippen LogP contribution < -0.4 is 27.4 Å². The van der Waals surface area contributed by atoms with E-state index in [1.54, 1.807) is 17.5 Å². The average molecular weight is 470 g/mol. The number of amides is 2. The number of halogens is 1. The van der Waals surface area contributed by atoms with E-state index in [1.165, 1.54) is 23.7 Å². The lowest BCUT2D eigenvalue weighted by molar-refractivity contribution is 0.0997. The number of anilines is 4. The number of aromatic nitrogens is 2. The van der Waals surface area contributed by atoms with E-state index in [0.717, 1.165) is 31.7 Å². The van der Waals surface area contributed by atoms with Crippen LogP contribution in [0.3, 0.4) is 0 Å². The first-order valence-corrected chi connectivity index (χ1v) is 11.4. The Morgan fingerprint density at radius 3 is 2.64 bits per heavy atom. The van der Waals surface area contributed by atoms with Crippen LogP contribution in [0.2, 0.25) is 0 Å². The number of rotatable bonds is 7. The number of hydrogen-bond acceptors (Lipinski definition) is 8. The minimum absolute atomic E-state index is 0.0141. The number of thiophene rings is 1. The average Bonchev–Trinajstić information content (AvgIpc) is 3.33.